The molecule has 0 saturated carbocycles. The summed E-state index contributed by atoms with van der Waals surface area (Å²) < 4.78 is 70.8. The third kappa shape index (κ3) is 22.1. The van der Waals surface area contributed by atoms with Crippen molar-refractivity contribution in [1.29, 1.82) is 1.28 Å². The van der Waals surface area contributed by atoms with E-state index in [1.165, 1.54) is 31.3 Å². The van der Waals surface area contributed by atoms with E-state index in [9.17, 15) is 26.8 Å². The predicted molar refractivity (Wildman–Crippen MR) is 231 cm³/mol. The van der Waals surface area contributed by atoms with Gasteiger partial charge in [0.2, 0.25) is 0 Å². The molecule has 0 heterocycles. The Morgan fingerprint density at radius 2 is 1.25 bits per heavy atom. The van der Waals surface area contributed by atoms with Gasteiger partial charge in [0.05, 0.1) is 28.1 Å². The molecule has 9 nitrogen and oxygen atoms in total. The summed E-state index contributed by atoms with van der Waals surface area (Å²) in [6.07, 6.45) is -0.694. The molecule has 16 heteroatoms. The van der Waals surface area contributed by atoms with Gasteiger partial charge >= 0.3 is 0 Å². The van der Waals surface area contributed by atoms with Crippen molar-refractivity contribution in [3.8, 4) is 11.5 Å². The monoisotopic (exact) mass is 858 g/mol. The van der Waals surface area contributed by atoms with Crippen LogP contribution >= 0.6 is 14.8 Å². The topological polar surface area (TPSA) is 145 Å². The fourth-order valence-electron chi connectivity index (χ4n) is 3.23. The second kappa shape index (κ2) is 26.5. The molecule has 55 heavy (non-hydrogen) atoms. The van der Waals surface area contributed by atoms with Crippen molar-refractivity contribution in [1.82, 2.24) is 0 Å². The average molecular weight is 859 g/mol. The summed E-state index contributed by atoms with van der Waals surface area (Å²) >= 11 is 4.46. The van der Waals surface area contributed by atoms with Crippen molar-refractivity contribution >= 4 is 66.6 Å². The molecule has 4 aromatic carbocycles. The van der Waals surface area contributed by atoms with Crippen LogP contribution < -0.4 is 14.6 Å². The molecule has 3 N–H and O–H groups in total. The molecule has 0 aliphatic rings. The Morgan fingerprint density at radius 3 is 1.56 bits per heavy atom. The van der Waals surface area contributed by atoms with Crippen molar-refractivity contribution in [2.24, 2.45) is 9.54 Å². The van der Waals surface area contributed by atoms with Crippen LogP contribution in [0.4, 0.5) is 8.78 Å². The lowest BCUT2D eigenvalue weighted by Gasteiger charge is -2.12. The zero-order valence-electron chi connectivity index (χ0n) is 32.2. The Morgan fingerprint density at radius 1 is 0.855 bits per heavy atom. The van der Waals surface area contributed by atoms with Crippen molar-refractivity contribution in [3.63, 3.8) is 0 Å². The molecule has 4 rings (SSSR count). The number of carbonyl (C=O) groups excluding carboxylic acids is 2. The molecule has 0 aromatic heterocycles. The van der Waals surface area contributed by atoms with E-state index in [4.69, 9.17) is 20.8 Å². The molecular weight excluding hydrogens is 805 g/mol. The number of benzene rings is 4. The summed E-state index contributed by atoms with van der Waals surface area (Å²) in [4.78, 5) is 29.1. The number of nitrogens with zero attached hydrogens (tertiary/aromatic N) is 1. The van der Waals surface area contributed by atoms with E-state index >= 15 is 0 Å². The first-order valence-electron chi connectivity index (χ1n) is 16.6. The number of ether oxygens (including phenoxy) is 2. The molecule has 0 amide bonds. The Balaban J connectivity index is 0.000000801. The van der Waals surface area contributed by atoms with E-state index in [1.54, 1.807) is 12.1 Å². The highest BCUT2D eigenvalue weighted by molar-refractivity contribution is 8.43. The van der Waals surface area contributed by atoms with Gasteiger partial charge in [0, 0.05) is 20.3 Å². The number of hydrogen-bond donors (Lipinski definition) is 2. The largest absolute Gasteiger partial charge is 0.486 e. The smallest absolute Gasteiger partial charge is 0.165 e. The SMILES string of the molecule is C.CC(C)(C)[S@@](=O)N=Cc1ccc(OCc2ccccc2)c(F)c1.CC(C)(C)[S@](N)=O.O=Cc1ccc(OCc2ccccc2)c(F)c1.[3H]P(=S)(PO)C(C)=O. The normalized spacial score (nSPS) is 13.5. The zero-order chi connectivity index (χ0) is 41.8. The van der Waals surface area contributed by atoms with Crippen molar-refractivity contribution in [2.75, 3.05) is 0 Å². The fourth-order valence-corrected chi connectivity index (χ4v) is 4.33. The number of aldehydes is 1. The van der Waals surface area contributed by atoms with E-state index in [1.807, 2.05) is 102 Å². The summed E-state index contributed by atoms with van der Waals surface area (Å²) in [5, 5.41) is 5.04. The first-order chi connectivity index (χ1) is 25.6. The first-order valence-corrected chi connectivity index (χ1v) is 22.6. The summed E-state index contributed by atoms with van der Waals surface area (Å²) in [5.41, 5.74) is 2.42. The molecule has 0 aliphatic heterocycles. The van der Waals surface area contributed by atoms with Gasteiger partial charge in [0.15, 0.2) is 28.7 Å². The van der Waals surface area contributed by atoms with Crippen LogP contribution in [0.1, 0.15) is 82.9 Å². The maximum absolute atomic E-state index is 14.0. The average Bonchev–Trinajstić information content (AvgIpc) is 3.13. The van der Waals surface area contributed by atoms with Crippen LogP contribution in [0.2, 0.25) is 0 Å². The lowest BCUT2D eigenvalue weighted by molar-refractivity contribution is -0.109. The molecule has 2 unspecified atom stereocenters. The quantitative estimate of drug-likeness (QED) is 0.0863. The van der Waals surface area contributed by atoms with Crippen LogP contribution in [0.25, 0.3) is 0 Å². The van der Waals surface area contributed by atoms with E-state index in [0.29, 0.717) is 30.6 Å². The summed E-state index contributed by atoms with van der Waals surface area (Å²) in [5.74, 6) is -0.653. The maximum Gasteiger partial charge on any atom is 0.165 e. The van der Waals surface area contributed by atoms with Gasteiger partial charge in [-0.1, -0.05) is 79.9 Å². The lowest BCUT2D eigenvalue weighted by Crippen LogP contribution is -2.27. The minimum atomic E-state index is -2.72. The van der Waals surface area contributed by atoms with Gasteiger partial charge in [0.1, 0.15) is 30.5 Å². The second-order valence-corrected chi connectivity index (χ2v) is 22.1. The second-order valence-electron chi connectivity index (χ2n) is 13.0. The Hall–Kier alpha value is -3.35. The van der Waals surface area contributed by atoms with Crippen LogP contribution in [-0.2, 0) is 51.8 Å². The fraction of sp³-hybridized carbons (Fsp3) is 0.308. The number of nitrogens with two attached hydrogens (primary N) is 1. The van der Waals surface area contributed by atoms with Gasteiger partial charge in [0.25, 0.3) is 0 Å². The highest BCUT2D eigenvalue weighted by Crippen LogP contribution is 2.41. The molecule has 0 fully saturated rings. The van der Waals surface area contributed by atoms with Crippen molar-refractivity contribution in [2.45, 2.75) is 78.6 Å². The lowest BCUT2D eigenvalue weighted by atomic mass is 10.2. The van der Waals surface area contributed by atoms with E-state index in [-0.39, 0.29) is 29.2 Å². The van der Waals surface area contributed by atoms with E-state index in [0.717, 1.165) is 17.2 Å². The first kappa shape index (κ1) is 49.7. The maximum atomic E-state index is 14.0. The Kier molecular flexibility index (Phi) is 23.9. The van der Waals surface area contributed by atoms with Gasteiger partial charge in [-0.3, -0.25) is 14.7 Å². The highest BCUT2D eigenvalue weighted by Gasteiger charge is 2.18. The third-order valence-electron chi connectivity index (χ3n) is 6.32. The standard InChI is InChI=1S/C18H20FNO2S.C14H11FO2.C4H11NOS.C2H6O2P2S.CH4/c1-18(2,3)23(21)20-12-15-9-10-17(16(19)11-15)22-13-14-7-5-4-6-8-14;15-13-8-12(9-16)6-7-14(13)17-10-11-4-2-1-3-5-11;1-4(2,3)7(5)6;1-2(3)6(7)5-4;/h4-12H,13H2,1-3H3;1-9H,10H2;5H2,1-3H3;4-6H,1H3;1H4/t23-;;7-;;/m1.1../s1/i;;;6T;. The van der Waals surface area contributed by atoms with Gasteiger partial charge in [-0.15, -0.1) is 0 Å². The van der Waals surface area contributed by atoms with Crippen LogP contribution in [0.3, 0.4) is 0 Å². The predicted octanol–water partition coefficient (Wildman–Crippen LogP) is 9.26. The Bertz CT molecular complexity index is 1950. The highest BCUT2D eigenvalue weighted by atomic mass is 32.6. The van der Waals surface area contributed by atoms with Crippen molar-refractivity contribution < 1.29 is 41.2 Å². The summed E-state index contributed by atoms with van der Waals surface area (Å²) in [6.45, 7) is 12.9. The third-order valence-corrected chi connectivity index (χ3v) is 12.6. The molecule has 302 valence electrons. The molecule has 4 atom stereocenters. The van der Waals surface area contributed by atoms with E-state index < -0.39 is 53.2 Å². The van der Waals surface area contributed by atoms with Gasteiger partial charge in [-0.25, -0.2) is 17.2 Å². The number of rotatable bonds is 11. The minimum Gasteiger partial charge on any atom is -0.486 e. The molecular formula is C39H52F2N2O7P2S3. The number of halogens is 2. The van der Waals surface area contributed by atoms with Crippen LogP contribution in [0.15, 0.2) is 101 Å². The van der Waals surface area contributed by atoms with Crippen LogP contribution in [0, 0.1) is 11.6 Å². The molecule has 0 radical (unpaired) electrons. The minimum absolute atomic E-state index is 0. The van der Waals surface area contributed by atoms with Gasteiger partial charge in [-0.05, 0) is 102 Å². The number of hydrogen-bond acceptors (Lipinski definition) is 8. The molecule has 0 aliphatic carbocycles. The molecule has 0 spiro atoms. The summed E-state index contributed by atoms with van der Waals surface area (Å²) in [6, 6.07) is 27.8. The number of carbonyl (C=O) groups is 2. The summed E-state index contributed by atoms with van der Waals surface area (Å²) in [7, 11) is -3.24. The molecule has 0 saturated heterocycles. The van der Waals surface area contributed by atoms with E-state index in [2.05, 4.69) is 16.2 Å². The van der Waals surface area contributed by atoms with Crippen molar-refractivity contribution in [3.05, 3.63) is 131 Å². The molecule has 0 bridgehead atoms. The van der Waals surface area contributed by atoms with Crippen LogP contribution in [-0.4, -0.2) is 42.1 Å². The van der Waals surface area contributed by atoms with Crippen LogP contribution in [0.5, 0.6) is 11.5 Å². The van der Waals surface area contributed by atoms with Gasteiger partial charge in [-0.2, -0.15) is 4.40 Å². The Labute approximate surface area is 338 Å². The van der Waals surface area contributed by atoms with Gasteiger partial charge < -0.3 is 14.4 Å². The molecule has 4 aromatic rings. The zero-order valence-corrected chi connectivity index (χ0v) is 35.5.